The molecule has 0 atom stereocenters. The second-order valence-corrected chi connectivity index (χ2v) is 5.22. The standard InChI is InChI=1S/C12H11Cl3N2O/c13-3-7(12(18)6-1-2-6)11(16)10-8(14)4-17-5-9(10)15/h4-6H,1-3,16H2. The number of hydrogen-bond donors (Lipinski definition) is 1. The van der Waals surface area contributed by atoms with E-state index in [1.54, 1.807) is 0 Å². The number of carbonyl (C=O) groups is 1. The molecule has 6 heteroatoms. The molecule has 18 heavy (non-hydrogen) atoms. The normalized spacial score (nSPS) is 16.4. The van der Waals surface area contributed by atoms with Crippen LogP contribution in [0.5, 0.6) is 0 Å². The molecule has 96 valence electrons. The molecule has 0 bridgehead atoms. The van der Waals surface area contributed by atoms with Gasteiger partial charge in [-0.05, 0) is 12.8 Å². The fourth-order valence-electron chi connectivity index (χ4n) is 1.68. The molecule has 1 heterocycles. The molecule has 0 spiro atoms. The summed E-state index contributed by atoms with van der Waals surface area (Å²) in [4.78, 5) is 15.9. The summed E-state index contributed by atoms with van der Waals surface area (Å²) < 4.78 is 0. The minimum atomic E-state index is -0.00792. The molecule has 1 saturated carbocycles. The van der Waals surface area contributed by atoms with Crippen LogP contribution >= 0.6 is 34.8 Å². The average molecular weight is 306 g/mol. The van der Waals surface area contributed by atoms with Gasteiger partial charge in [-0.1, -0.05) is 23.2 Å². The quantitative estimate of drug-likeness (QED) is 0.686. The van der Waals surface area contributed by atoms with Crippen LogP contribution < -0.4 is 5.73 Å². The van der Waals surface area contributed by atoms with E-state index in [4.69, 9.17) is 40.5 Å². The zero-order valence-electron chi connectivity index (χ0n) is 9.42. The van der Waals surface area contributed by atoms with Gasteiger partial charge >= 0.3 is 0 Å². The minimum absolute atomic E-state index is 0.00792. The van der Waals surface area contributed by atoms with E-state index in [1.165, 1.54) is 12.4 Å². The van der Waals surface area contributed by atoms with Gasteiger partial charge in [-0.3, -0.25) is 9.78 Å². The van der Waals surface area contributed by atoms with E-state index in [1.807, 2.05) is 0 Å². The topological polar surface area (TPSA) is 56.0 Å². The first kappa shape index (κ1) is 13.7. The predicted octanol–water partition coefficient (Wildman–Crippen LogP) is 3.28. The van der Waals surface area contributed by atoms with Gasteiger partial charge in [-0.2, -0.15) is 0 Å². The molecule has 0 saturated heterocycles. The molecule has 2 N–H and O–H groups in total. The molecule has 1 aliphatic carbocycles. The molecule has 1 aliphatic rings. The van der Waals surface area contributed by atoms with Crippen molar-refractivity contribution >= 4 is 46.3 Å². The van der Waals surface area contributed by atoms with Gasteiger partial charge in [0.05, 0.1) is 15.9 Å². The van der Waals surface area contributed by atoms with Crippen molar-refractivity contribution in [1.29, 1.82) is 0 Å². The molecule has 0 aromatic carbocycles. The van der Waals surface area contributed by atoms with E-state index in [0.29, 0.717) is 21.2 Å². The maximum absolute atomic E-state index is 12.0. The Kier molecular flexibility index (Phi) is 4.15. The lowest BCUT2D eigenvalue weighted by molar-refractivity contribution is -0.116. The molecule has 1 aromatic heterocycles. The van der Waals surface area contributed by atoms with E-state index in [9.17, 15) is 4.79 Å². The predicted molar refractivity (Wildman–Crippen MR) is 73.8 cm³/mol. The van der Waals surface area contributed by atoms with Gasteiger partial charge in [-0.25, -0.2) is 0 Å². The van der Waals surface area contributed by atoms with Crippen LogP contribution in [-0.2, 0) is 4.79 Å². The summed E-state index contributed by atoms with van der Waals surface area (Å²) in [5.74, 6) is 0.0963. The van der Waals surface area contributed by atoms with E-state index in [0.717, 1.165) is 12.8 Å². The van der Waals surface area contributed by atoms with Gasteiger partial charge in [0, 0.05) is 35.1 Å². The Hall–Kier alpha value is -0.770. The summed E-state index contributed by atoms with van der Waals surface area (Å²) >= 11 is 17.8. The van der Waals surface area contributed by atoms with Crippen LogP contribution in [0.25, 0.3) is 5.70 Å². The first-order chi connectivity index (χ1) is 8.56. The lowest BCUT2D eigenvalue weighted by Gasteiger charge is -2.11. The molecule has 3 nitrogen and oxygen atoms in total. The van der Waals surface area contributed by atoms with Gasteiger partial charge < -0.3 is 5.73 Å². The smallest absolute Gasteiger partial charge is 0.165 e. The van der Waals surface area contributed by atoms with E-state index in [2.05, 4.69) is 4.98 Å². The average Bonchev–Trinajstić information content (AvgIpc) is 3.13. The largest absolute Gasteiger partial charge is 0.398 e. The highest BCUT2D eigenvalue weighted by Crippen LogP contribution is 2.36. The summed E-state index contributed by atoms with van der Waals surface area (Å²) in [7, 11) is 0. The molecule has 0 unspecified atom stereocenters. The first-order valence-electron chi connectivity index (χ1n) is 5.44. The number of halogens is 3. The Morgan fingerprint density at radius 3 is 2.33 bits per heavy atom. The highest BCUT2D eigenvalue weighted by atomic mass is 35.5. The van der Waals surface area contributed by atoms with E-state index in [-0.39, 0.29) is 23.3 Å². The van der Waals surface area contributed by atoms with Gasteiger partial charge in [0.2, 0.25) is 0 Å². The van der Waals surface area contributed by atoms with Gasteiger partial charge in [-0.15, -0.1) is 11.6 Å². The number of alkyl halides is 1. The zero-order valence-corrected chi connectivity index (χ0v) is 11.7. The Morgan fingerprint density at radius 1 is 1.33 bits per heavy atom. The lowest BCUT2D eigenvalue weighted by Crippen LogP contribution is -2.14. The van der Waals surface area contributed by atoms with Crippen molar-refractivity contribution in [2.75, 3.05) is 5.88 Å². The third-order valence-corrected chi connectivity index (χ3v) is 3.67. The van der Waals surface area contributed by atoms with Crippen molar-refractivity contribution in [3.8, 4) is 0 Å². The molecule has 0 radical (unpaired) electrons. The summed E-state index contributed by atoms with van der Waals surface area (Å²) in [6, 6.07) is 0. The van der Waals surface area contributed by atoms with Crippen LogP contribution in [0.4, 0.5) is 0 Å². The number of nitrogens with zero attached hydrogens (tertiary/aromatic N) is 1. The van der Waals surface area contributed by atoms with Crippen LogP contribution in [0.1, 0.15) is 18.4 Å². The number of nitrogens with two attached hydrogens (primary N) is 1. The summed E-state index contributed by atoms with van der Waals surface area (Å²) in [6.45, 7) is 0. The van der Waals surface area contributed by atoms with Crippen LogP contribution in [-0.4, -0.2) is 16.6 Å². The minimum Gasteiger partial charge on any atom is -0.398 e. The Morgan fingerprint density at radius 2 is 1.89 bits per heavy atom. The Bertz CT molecular complexity index is 504. The molecular weight excluding hydrogens is 295 g/mol. The third-order valence-electron chi connectivity index (χ3n) is 2.83. The highest BCUT2D eigenvalue weighted by Gasteiger charge is 2.33. The first-order valence-corrected chi connectivity index (χ1v) is 6.73. The number of ketones is 1. The van der Waals surface area contributed by atoms with Crippen molar-refractivity contribution in [1.82, 2.24) is 4.98 Å². The zero-order chi connectivity index (χ0) is 13.3. The molecule has 1 aromatic rings. The highest BCUT2D eigenvalue weighted by molar-refractivity contribution is 6.37. The second kappa shape index (κ2) is 5.47. The third kappa shape index (κ3) is 2.63. The second-order valence-electron chi connectivity index (χ2n) is 4.14. The van der Waals surface area contributed by atoms with Gasteiger partial charge in [0.1, 0.15) is 0 Å². The molecule has 0 amide bonds. The SMILES string of the molecule is NC(=C(CCl)C(=O)C1CC1)c1c(Cl)cncc1Cl. The van der Waals surface area contributed by atoms with Crippen LogP contribution in [0.2, 0.25) is 10.0 Å². The number of carbonyl (C=O) groups excluding carboxylic acids is 1. The molecular formula is C12H11Cl3N2O. The molecule has 0 aliphatic heterocycles. The van der Waals surface area contributed by atoms with E-state index >= 15 is 0 Å². The van der Waals surface area contributed by atoms with Crippen LogP contribution in [0.3, 0.4) is 0 Å². The van der Waals surface area contributed by atoms with Crippen LogP contribution in [0, 0.1) is 5.92 Å². The summed E-state index contributed by atoms with van der Waals surface area (Å²) in [5.41, 5.74) is 7.06. The van der Waals surface area contributed by atoms with Gasteiger partial charge in [0.25, 0.3) is 0 Å². The van der Waals surface area contributed by atoms with E-state index < -0.39 is 0 Å². The number of rotatable bonds is 4. The van der Waals surface area contributed by atoms with Gasteiger partial charge in [0.15, 0.2) is 5.78 Å². The number of hydrogen-bond acceptors (Lipinski definition) is 3. The Balaban J connectivity index is 2.49. The van der Waals surface area contributed by atoms with Crippen molar-refractivity contribution in [3.05, 3.63) is 33.6 Å². The summed E-state index contributed by atoms with van der Waals surface area (Å²) in [5, 5.41) is 0.623. The Labute approximate surface area is 120 Å². The number of aromatic nitrogens is 1. The van der Waals surface area contributed by atoms with Crippen molar-refractivity contribution in [2.45, 2.75) is 12.8 Å². The van der Waals surface area contributed by atoms with Crippen LogP contribution in [0.15, 0.2) is 18.0 Å². The fraction of sp³-hybridized carbons (Fsp3) is 0.333. The number of Topliss-reactive ketones (excluding diaryl/α,β-unsaturated/α-hetero) is 1. The molecule has 2 rings (SSSR count). The van der Waals surface area contributed by atoms with Crippen molar-refractivity contribution in [3.63, 3.8) is 0 Å². The van der Waals surface area contributed by atoms with Crippen molar-refractivity contribution in [2.24, 2.45) is 11.7 Å². The monoisotopic (exact) mass is 304 g/mol. The maximum Gasteiger partial charge on any atom is 0.165 e. The van der Waals surface area contributed by atoms with Crippen molar-refractivity contribution < 1.29 is 4.79 Å². The fourth-order valence-corrected chi connectivity index (χ4v) is 2.53. The lowest BCUT2D eigenvalue weighted by atomic mass is 10.0. The maximum atomic E-state index is 12.0. The molecule has 1 fully saturated rings. The summed E-state index contributed by atoms with van der Waals surface area (Å²) in [6.07, 6.45) is 4.65. The number of pyridine rings is 1. The number of allylic oxidation sites excluding steroid dienone is 1.